The van der Waals surface area contributed by atoms with Crippen molar-refractivity contribution in [3.05, 3.63) is 83.7 Å². The van der Waals surface area contributed by atoms with Crippen molar-refractivity contribution in [3.63, 3.8) is 0 Å². The first-order valence-corrected chi connectivity index (χ1v) is 9.17. The van der Waals surface area contributed by atoms with E-state index in [1.54, 1.807) is 59.3 Å². The first kappa shape index (κ1) is 20.4. The van der Waals surface area contributed by atoms with E-state index < -0.39 is 11.9 Å². The van der Waals surface area contributed by atoms with E-state index in [0.717, 1.165) is 0 Å². The summed E-state index contributed by atoms with van der Waals surface area (Å²) in [5.74, 6) is -1.24. The molecule has 2 aromatic carbocycles. The molecule has 30 heavy (non-hydrogen) atoms. The van der Waals surface area contributed by atoms with Crippen molar-refractivity contribution < 1.29 is 19.4 Å². The molecule has 1 aromatic heterocycles. The molecule has 0 spiro atoms. The summed E-state index contributed by atoms with van der Waals surface area (Å²) in [7, 11) is 0. The van der Waals surface area contributed by atoms with Crippen molar-refractivity contribution in [1.82, 2.24) is 4.57 Å². The number of carboxylic acids is 1. The summed E-state index contributed by atoms with van der Waals surface area (Å²) in [6, 6.07) is 18.4. The summed E-state index contributed by atoms with van der Waals surface area (Å²) in [6.45, 7) is 2.36. The van der Waals surface area contributed by atoms with Crippen molar-refractivity contribution in [2.75, 3.05) is 11.9 Å². The zero-order valence-electron chi connectivity index (χ0n) is 16.2. The zero-order chi connectivity index (χ0) is 21.5. The molecule has 3 aromatic rings. The van der Waals surface area contributed by atoms with Crippen LogP contribution < -0.4 is 15.2 Å². The fourth-order valence-corrected chi connectivity index (χ4v) is 2.85. The number of anilines is 1. The SMILES string of the molecule is CCOc1cccc(NC(=O)/C(C#N)=C/c2cccn2-c2cccc(C(=O)[O-])c2)c1. The molecule has 0 unspecified atom stereocenters. The van der Waals surface area contributed by atoms with Gasteiger partial charge in [-0.1, -0.05) is 18.2 Å². The fourth-order valence-electron chi connectivity index (χ4n) is 2.85. The Balaban J connectivity index is 1.87. The minimum atomic E-state index is -1.28. The standard InChI is InChI=1S/C23H19N3O4/c1-2-30-21-10-4-7-18(14-21)25-22(27)17(15-24)13-20-9-5-11-26(20)19-8-3-6-16(12-19)23(28)29/h3-14H,2H2,1H3,(H,25,27)(H,28,29)/p-1/b17-13+. The summed E-state index contributed by atoms with van der Waals surface area (Å²) in [5.41, 5.74) is 1.54. The number of amides is 1. The van der Waals surface area contributed by atoms with E-state index in [2.05, 4.69) is 5.32 Å². The lowest BCUT2D eigenvalue weighted by Gasteiger charge is -2.10. The van der Waals surface area contributed by atoms with E-state index in [1.165, 1.54) is 18.2 Å². The van der Waals surface area contributed by atoms with Crippen LogP contribution in [-0.4, -0.2) is 23.1 Å². The van der Waals surface area contributed by atoms with E-state index in [9.17, 15) is 20.0 Å². The van der Waals surface area contributed by atoms with Crippen molar-refractivity contribution in [3.8, 4) is 17.5 Å². The first-order valence-electron chi connectivity index (χ1n) is 9.17. The topological polar surface area (TPSA) is 107 Å². The maximum absolute atomic E-state index is 12.6. The third-order valence-corrected chi connectivity index (χ3v) is 4.20. The summed E-state index contributed by atoms with van der Waals surface area (Å²) in [4.78, 5) is 23.7. The van der Waals surface area contributed by atoms with E-state index in [0.29, 0.717) is 29.4 Å². The number of benzene rings is 2. The summed E-state index contributed by atoms with van der Waals surface area (Å²) >= 11 is 0. The summed E-state index contributed by atoms with van der Waals surface area (Å²) in [6.07, 6.45) is 3.14. The molecule has 1 heterocycles. The van der Waals surface area contributed by atoms with Gasteiger partial charge in [-0.15, -0.1) is 0 Å². The molecular formula is C23H18N3O4-. The van der Waals surface area contributed by atoms with Crippen LogP contribution in [0.2, 0.25) is 0 Å². The van der Waals surface area contributed by atoms with Gasteiger partial charge in [0.05, 0.1) is 12.6 Å². The first-order chi connectivity index (χ1) is 14.5. The van der Waals surface area contributed by atoms with Crippen molar-refractivity contribution in [1.29, 1.82) is 5.26 Å². The number of hydrogen-bond acceptors (Lipinski definition) is 5. The quantitative estimate of drug-likeness (QED) is 0.485. The lowest BCUT2D eigenvalue weighted by molar-refractivity contribution is -0.255. The number of nitrogens with one attached hydrogen (secondary N) is 1. The monoisotopic (exact) mass is 400 g/mol. The minimum absolute atomic E-state index is 0.0311. The van der Waals surface area contributed by atoms with Crippen LogP contribution in [-0.2, 0) is 4.79 Å². The van der Waals surface area contributed by atoms with Crippen molar-refractivity contribution >= 4 is 23.6 Å². The largest absolute Gasteiger partial charge is 0.545 e. The van der Waals surface area contributed by atoms with E-state index in [4.69, 9.17) is 4.74 Å². The highest BCUT2D eigenvalue weighted by Gasteiger charge is 2.12. The molecule has 3 rings (SSSR count). The molecule has 1 amide bonds. The van der Waals surface area contributed by atoms with Crippen LogP contribution >= 0.6 is 0 Å². The molecule has 0 atom stereocenters. The van der Waals surface area contributed by atoms with Crippen LogP contribution in [0, 0.1) is 11.3 Å². The minimum Gasteiger partial charge on any atom is -0.545 e. The Morgan fingerprint density at radius 2 is 1.97 bits per heavy atom. The van der Waals surface area contributed by atoms with Gasteiger partial charge >= 0.3 is 0 Å². The van der Waals surface area contributed by atoms with Gasteiger partial charge in [-0.05, 0) is 55.0 Å². The number of nitriles is 1. The highest BCUT2D eigenvalue weighted by Crippen LogP contribution is 2.20. The van der Waals surface area contributed by atoms with Crippen LogP contribution in [0.3, 0.4) is 0 Å². The van der Waals surface area contributed by atoms with Gasteiger partial charge in [0.1, 0.15) is 17.4 Å². The molecule has 0 saturated heterocycles. The molecule has 0 fully saturated rings. The molecule has 1 N–H and O–H groups in total. The Hall–Kier alpha value is -4.31. The molecule has 0 radical (unpaired) electrons. The smallest absolute Gasteiger partial charge is 0.266 e. The average molecular weight is 400 g/mol. The molecule has 150 valence electrons. The number of nitrogens with zero attached hydrogens (tertiary/aromatic N) is 2. The summed E-state index contributed by atoms with van der Waals surface area (Å²) < 4.78 is 7.08. The second-order valence-electron chi connectivity index (χ2n) is 6.23. The van der Waals surface area contributed by atoms with Crippen LogP contribution in [0.1, 0.15) is 23.0 Å². The Labute approximate surface area is 173 Å². The number of ether oxygens (including phenoxy) is 1. The van der Waals surface area contributed by atoms with Gasteiger partial charge in [0, 0.05) is 29.3 Å². The molecular weight excluding hydrogens is 382 g/mol. The number of carboxylic acid groups (broad SMARTS) is 1. The van der Waals surface area contributed by atoms with Crippen LogP contribution in [0.25, 0.3) is 11.8 Å². The van der Waals surface area contributed by atoms with Gasteiger partial charge in [0.25, 0.3) is 5.91 Å². The Morgan fingerprint density at radius 3 is 2.70 bits per heavy atom. The van der Waals surface area contributed by atoms with Crippen LogP contribution in [0.5, 0.6) is 5.75 Å². The third-order valence-electron chi connectivity index (χ3n) is 4.20. The van der Waals surface area contributed by atoms with Gasteiger partial charge in [-0.25, -0.2) is 0 Å². The van der Waals surface area contributed by atoms with Gasteiger partial charge < -0.3 is 24.5 Å². The molecule has 0 aliphatic heterocycles. The van der Waals surface area contributed by atoms with Gasteiger partial charge in [-0.2, -0.15) is 5.26 Å². The highest BCUT2D eigenvalue weighted by atomic mass is 16.5. The maximum atomic E-state index is 12.6. The number of aromatic carboxylic acids is 1. The van der Waals surface area contributed by atoms with Crippen LogP contribution in [0.15, 0.2) is 72.4 Å². The van der Waals surface area contributed by atoms with E-state index >= 15 is 0 Å². The molecule has 7 heteroatoms. The molecule has 0 aliphatic carbocycles. The number of rotatable bonds is 7. The number of carbonyl (C=O) groups excluding carboxylic acids is 2. The highest BCUT2D eigenvalue weighted by molar-refractivity contribution is 6.09. The van der Waals surface area contributed by atoms with E-state index in [1.807, 2.05) is 13.0 Å². The Kier molecular flexibility index (Phi) is 6.30. The van der Waals surface area contributed by atoms with Crippen molar-refractivity contribution in [2.45, 2.75) is 6.92 Å². The number of hydrogen-bond donors (Lipinski definition) is 1. The second-order valence-corrected chi connectivity index (χ2v) is 6.23. The predicted molar refractivity (Wildman–Crippen MR) is 110 cm³/mol. The fraction of sp³-hybridized carbons (Fsp3) is 0.0870. The second kappa shape index (κ2) is 9.26. The summed E-state index contributed by atoms with van der Waals surface area (Å²) in [5, 5.41) is 23.3. The van der Waals surface area contributed by atoms with Gasteiger partial charge in [-0.3, -0.25) is 4.79 Å². The third kappa shape index (κ3) is 4.75. The maximum Gasteiger partial charge on any atom is 0.266 e. The van der Waals surface area contributed by atoms with Crippen LogP contribution in [0.4, 0.5) is 5.69 Å². The van der Waals surface area contributed by atoms with Gasteiger partial charge in [0.15, 0.2) is 0 Å². The Bertz CT molecular complexity index is 1160. The lowest BCUT2D eigenvalue weighted by atomic mass is 10.2. The number of aromatic nitrogens is 1. The average Bonchev–Trinajstić information content (AvgIpc) is 3.20. The lowest BCUT2D eigenvalue weighted by Crippen LogP contribution is -2.22. The number of carbonyl (C=O) groups is 2. The molecule has 7 nitrogen and oxygen atoms in total. The Morgan fingerprint density at radius 1 is 1.17 bits per heavy atom. The van der Waals surface area contributed by atoms with E-state index in [-0.39, 0.29) is 11.1 Å². The van der Waals surface area contributed by atoms with Gasteiger partial charge in [0.2, 0.25) is 0 Å². The normalized spacial score (nSPS) is 10.9. The molecule has 0 aliphatic rings. The molecule has 0 bridgehead atoms. The van der Waals surface area contributed by atoms with Crippen molar-refractivity contribution in [2.24, 2.45) is 0 Å². The predicted octanol–water partition coefficient (Wildman–Crippen LogP) is 2.79. The zero-order valence-corrected chi connectivity index (χ0v) is 16.2. The molecule has 0 saturated carbocycles.